The van der Waals surface area contributed by atoms with Gasteiger partial charge >= 0.3 is 0 Å². The summed E-state index contributed by atoms with van der Waals surface area (Å²) in [5.74, 6) is 1.04. The quantitative estimate of drug-likeness (QED) is 0.612. The van der Waals surface area contributed by atoms with Crippen molar-refractivity contribution in [1.82, 2.24) is 15.1 Å². The number of nitrogens with one attached hydrogen (secondary N) is 1. The van der Waals surface area contributed by atoms with Crippen molar-refractivity contribution < 1.29 is 4.74 Å². The first-order valence-corrected chi connectivity index (χ1v) is 7.61. The molecule has 4 nitrogen and oxygen atoms in total. The normalized spacial score (nSPS) is 22.5. The van der Waals surface area contributed by atoms with Crippen LogP contribution in [-0.4, -0.2) is 75.4 Å². The second kappa shape index (κ2) is 8.10. The van der Waals surface area contributed by atoms with Crippen LogP contribution in [0.5, 0.6) is 0 Å². The lowest BCUT2D eigenvalue weighted by atomic mass is 10.3. The van der Waals surface area contributed by atoms with E-state index < -0.39 is 0 Å². The van der Waals surface area contributed by atoms with Gasteiger partial charge in [-0.15, -0.1) is 0 Å². The van der Waals surface area contributed by atoms with Crippen LogP contribution in [0, 0.1) is 5.92 Å². The summed E-state index contributed by atoms with van der Waals surface area (Å²) in [6, 6.07) is 0. The van der Waals surface area contributed by atoms with Gasteiger partial charge in [-0.05, 0) is 25.7 Å². The largest absolute Gasteiger partial charge is 0.380 e. The predicted octanol–water partition coefficient (Wildman–Crippen LogP) is 0.640. The molecule has 18 heavy (non-hydrogen) atoms. The van der Waals surface area contributed by atoms with E-state index in [1.165, 1.54) is 52.1 Å². The molecule has 1 aliphatic heterocycles. The van der Waals surface area contributed by atoms with Gasteiger partial charge in [0.05, 0.1) is 6.61 Å². The van der Waals surface area contributed by atoms with Crippen LogP contribution in [0.4, 0.5) is 0 Å². The van der Waals surface area contributed by atoms with Crippen molar-refractivity contribution in [3.63, 3.8) is 0 Å². The van der Waals surface area contributed by atoms with Crippen molar-refractivity contribution in [2.75, 3.05) is 65.6 Å². The van der Waals surface area contributed by atoms with Crippen LogP contribution in [0.3, 0.4) is 0 Å². The first-order chi connectivity index (χ1) is 8.88. The summed E-state index contributed by atoms with van der Waals surface area (Å²) in [7, 11) is 0. The van der Waals surface area contributed by atoms with E-state index in [0.717, 1.165) is 32.2 Å². The predicted molar refractivity (Wildman–Crippen MR) is 75.0 cm³/mol. The van der Waals surface area contributed by atoms with E-state index in [4.69, 9.17) is 4.74 Å². The van der Waals surface area contributed by atoms with E-state index in [1.54, 1.807) is 0 Å². The second-order valence-corrected chi connectivity index (χ2v) is 5.53. The molecule has 0 unspecified atom stereocenters. The van der Waals surface area contributed by atoms with Crippen LogP contribution >= 0.6 is 0 Å². The van der Waals surface area contributed by atoms with Crippen LogP contribution in [0.1, 0.15) is 19.8 Å². The third kappa shape index (κ3) is 5.65. The second-order valence-electron chi connectivity index (χ2n) is 5.53. The Morgan fingerprint density at radius 1 is 1.06 bits per heavy atom. The molecule has 1 N–H and O–H groups in total. The highest BCUT2D eigenvalue weighted by Crippen LogP contribution is 2.29. The molecular formula is C14H29N3O. The Morgan fingerprint density at radius 2 is 1.78 bits per heavy atom. The Bertz CT molecular complexity index is 213. The molecule has 1 saturated heterocycles. The average Bonchev–Trinajstić information content (AvgIpc) is 3.20. The number of ether oxygens (including phenoxy) is 1. The molecule has 0 atom stereocenters. The Hall–Kier alpha value is -0.160. The van der Waals surface area contributed by atoms with Crippen molar-refractivity contribution in [3.05, 3.63) is 0 Å². The van der Waals surface area contributed by atoms with E-state index in [0.29, 0.717) is 0 Å². The van der Waals surface area contributed by atoms with Gasteiger partial charge in [0.2, 0.25) is 0 Å². The lowest BCUT2D eigenvalue weighted by Crippen LogP contribution is -2.48. The number of hydrogen-bond acceptors (Lipinski definition) is 4. The molecule has 1 saturated carbocycles. The average molecular weight is 255 g/mol. The summed E-state index contributed by atoms with van der Waals surface area (Å²) in [6.07, 6.45) is 2.95. The molecule has 2 rings (SSSR count). The fourth-order valence-corrected chi connectivity index (χ4v) is 2.51. The van der Waals surface area contributed by atoms with Gasteiger partial charge in [-0.1, -0.05) is 0 Å². The molecule has 2 aliphatic rings. The monoisotopic (exact) mass is 255 g/mol. The van der Waals surface area contributed by atoms with E-state index in [2.05, 4.69) is 15.1 Å². The number of rotatable bonds is 9. The van der Waals surface area contributed by atoms with Crippen molar-refractivity contribution in [3.8, 4) is 0 Å². The zero-order valence-electron chi connectivity index (χ0n) is 11.9. The van der Waals surface area contributed by atoms with Crippen molar-refractivity contribution in [2.24, 2.45) is 5.92 Å². The highest BCUT2D eigenvalue weighted by Gasteiger charge is 2.26. The molecular weight excluding hydrogens is 226 g/mol. The molecule has 2 fully saturated rings. The van der Waals surface area contributed by atoms with E-state index >= 15 is 0 Å². The molecule has 0 radical (unpaired) electrons. The van der Waals surface area contributed by atoms with E-state index in [-0.39, 0.29) is 0 Å². The van der Waals surface area contributed by atoms with Gasteiger partial charge in [0.25, 0.3) is 0 Å². The van der Waals surface area contributed by atoms with E-state index in [1.807, 2.05) is 6.92 Å². The van der Waals surface area contributed by atoms with Crippen molar-refractivity contribution >= 4 is 0 Å². The first-order valence-electron chi connectivity index (χ1n) is 7.61. The lowest BCUT2D eigenvalue weighted by Gasteiger charge is -2.34. The minimum atomic E-state index is 0.824. The van der Waals surface area contributed by atoms with Crippen molar-refractivity contribution in [1.29, 1.82) is 0 Å². The Balaban J connectivity index is 1.43. The number of nitrogens with zero attached hydrogens (tertiary/aromatic N) is 2. The molecule has 106 valence electrons. The SMILES string of the molecule is CCOCCNCCN1CCN(CC2CC2)CC1. The maximum atomic E-state index is 5.30. The number of hydrogen-bond donors (Lipinski definition) is 1. The van der Waals surface area contributed by atoms with Crippen LogP contribution in [0.2, 0.25) is 0 Å². The Labute approximate surface area is 112 Å². The molecule has 0 spiro atoms. The summed E-state index contributed by atoms with van der Waals surface area (Å²) in [5.41, 5.74) is 0. The smallest absolute Gasteiger partial charge is 0.0590 e. The summed E-state index contributed by atoms with van der Waals surface area (Å²) in [4.78, 5) is 5.23. The molecule has 1 heterocycles. The molecule has 0 amide bonds. The molecule has 4 heteroatoms. The molecule has 0 bridgehead atoms. The maximum Gasteiger partial charge on any atom is 0.0590 e. The van der Waals surface area contributed by atoms with Crippen LogP contribution in [0.25, 0.3) is 0 Å². The summed E-state index contributed by atoms with van der Waals surface area (Å²) in [6.45, 7) is 13.4. The van der Waals surface area contributed by atoms with Crippen molar-refractivity contribution in [2.45, 2.75) is 19.8 Å². The maximum absolute atomic E-state index is 5.30. The third-order valence-corrected chi connectivity index (χ3v) is 3.91. The zero-order valence-corrected chi connectivity index (χ0v) is 11.9. The highest BCUT2D eigenvalue weighted by molar-refractivity contribution is 4.80. The van der Waals surface area contributed by atoms with E-state index in [9.17, 15) is 0 Å². The fraction of sp³-hybridized carbons (Fsp3) is 1.00. The van der Waals surface area contributed by atoms with Gasteiger partial charge in [-0.3, -0.25) is 4.90 Å². The van der Waals surface area contributed by atoms with Crippen LogP contribution in [0.15, 0.2) is 0 Å². The van der Waals surface area contributed by atoms with Gasteiger partial charge in [0.15, 0.2) is 0 Å². The minimum Gasteiger partial charge on any atom is -0.380 e. The lowest BCUT2D eigenvalue weighted by molar-refractivity contribution is 0.125. The topological polar surface area (TPSA) is 27.7 Å². The fourth-order valence-electron chi connectivity index (χ4n) is 2.51. The molecule has 0 aromatic heterocycles. The highest BCUT2D eigenvalue weighted by atomic mass is 16.5. The van der Waals surface area contributed by atoms with Crippen LogP contribution < -0.4 is 5.32 Å². The van der Waals surface area contributed by atoms with Gasteiger partial charge in [0, 0.05) is 59.0 Å². The Morgan fingerprint density at radius 3 is 2.44 bits per heavy atom. The first kappa shape index (κ1) is 14.3. The summed E-state index contributed by atoms with van der Waals surface area (Å²) >= 11 is 0. The minimum absolute atomic E-state index is 0.824. The summed E-state index contributed by atoms with van der Waals surface area (Å²) < 4.78 is 5.30. The van der Waals surface area contributed by atoms with Gasteiger partial charge in [0.1, 0.15) is 0 Å². The zero-order chi connectivity index (χ0) is 12.6. The van der Waals surface area contributed by atoms with Crippen LogP contribution in [-0.2, 0) is 4.74 Å². The van der Waals surface area contributed by atoms with Gasteiger partial charge < -0.3 is 15.0 Å². The number of piperazine rings is 1. The summed E-state index contributed by atoms with van der Waals surface area (Å²) in [5, 5.41) is 3.44. The van der Waals surface area contributed by atoms with Gasteiger partial charge in [-0.25, -0.2) is 0 Å². The molecule has 1 aliphatic carbocycles. The Kier molecular flexibility index (Phi) is 6.41. The standard InChI is InChI=1S/C14H29N3O/c1-2-18-12-6-15-5-7-16-8-10-17(11-9-16)13-14-3-4-14/h14-15H,2-13H2,1H3. The molecule has 0 aromatic carbocycles. The van der Waals surface area contributed by atoms with Gasteiger partial charge in [-0.2, -0.15) is 0 Å². The molecule has 0 aromatic rings. The third-order valence-electron chi connectivity index (χ3n) is 3.91.